The molecule has 0 amide bonds. The Morgan fingerprint density at radius 2 is 1.41 bits per heavy atom. The van der Waals surface area contributed by atoms with Gasteiger partial charge in [-0.3, -0.25) is 0 Å². The lowest BCUT2D eigenvalue weighted by Crippen LogP contribution is -1.96. The van der Waals surface area contributed by atoms with E-state index >= 15 is 0 Å². The highest BCUT2D eigenvalue weighted by Gasteiger charge is 2.10. The Bertz CT molecular complexity index is 500. The standard InChI is InChI=1S/C16H19N/c1-12(2)13-8-4-5-9-14(13)15-10-6-7-11-16(15)17-3/h4-12,17H,1-3H3. The first-order chi connectivity index (χ1) is 8.24. The third kappa shape index (κ3) is 2.33. The molecular weight excluding hydrogens is 206 g/mol. The molecule has 0 aliphatic rings. The van der Waals surface area contributed by atoms with Crippen molar-refractivity contribution in [3.63, 3.8) is 0 Å². The molecule has 1 N–H and O–H groups in total. The smallest absolute Gasteiger partial charge is 0.0417 e. The van der Waals surface area contributed by atoms with Gasteiger partial charge in [0, 0.05) is 18.3 Å². The molecule has 17 heavy (non-hydrogen) atoms. The van der Waals surface area contributed by atoms with E-state index in [9.17, 15) is 0 Å². The van der Waals surface area contributed by atoms with Crippen molar-refractivity contribution in [1.29, 1.82) is 0 Å². The molecule has 0 atom stereocenters. The van der Waals surface area contributed by atoms with Crippen LogP contribution in [0.1, 0.15) is 25.3 Å². The van der Waals surface area contributed by atoms with Crippen molar-refractivity contribution in [2.75, 3.05) is 12.4 Å². The molecule has 0 unspecified atom stereocenters. The van der Waals surface area contributed by atoms with Gasteiger partial charge < -0.3 is 5.32 Å². The highest BCUT2D eigenvalue weighted by Crippen LogP contribution is 2.33. The van der Waals surface area contributed by atoms with Crippen LogP contribution >= 0.6 is 0 Å². The Balaban J connectivity index is 2.60. The van der Waals surface area contributed by atoms with Crippen LogP contribution in [-0.2, 0) is 0 Å². The summed E-state index contributed by atoms with van der Waals surface area (Å²) in [5.41, 5.74) is 5.18. The van der Waals surface area contributed by atoms with Crippen molar-refractivity contribution >= 4 is 5.69 Å². The summed E-state index contributed by atoms with van der Waals surface area (Å²) < 4.78 is 0. The number of anilines is 1. The largest absolute Gasteiger partial charge is 0.388 e. The summed E-state index contributed by atoms with van der Waals surface area (Å²) in [4.78, 5) is 0. The van der Waals surface area contributed by atoms with Crippen molar-refractivity contribution in [1.82, 2.24) is 0 Å². The first-order valence-electron chi connectivity index (χ1n) is 6.10. The summed E-state index contributed by atoms with van der Waals surface area (Å²) in [5, 5.41) is 3.26. The molecule has 0 heterocycles. The van der Waals surface area contributed by atoms with Crippen LogP contribution in [0.5, 0.6) is 0 Å². The highest BCUT2D eigenvalue weighted by atomic mass is 14.8. The average Bonchev–Trinajstić information content (AvgIpc) is 2.38. The van der Waals surface area contributed by atoms with Crippen LogP contribution in [-0.4, -0.2) is 7.05 Å². The quantitative estimate of drug-likeness (QED) is 0.810. The molecule has 2 rings (SSSR count). The molecule has 88 valence electrons. The number of nitrogens with one attached hydrogen (secondary N) is 1. The number of benzene rings is 2. The van der Waals surface area contributed by atoms with Gasteiger partial charge in [-0.15, -0.1) is 0 Å². The molecule has 1 nitrogen and oxygen atoms in total. The molecule has 0 bridgehead atoms. The number of para-hydroxylation sites is 1. The topological polar surface area (TPSA) is 12.0 Å². The van der Waals surface area contributed by atoms with Gasteiger partial charge in [0.1, 0.15) is 0 Å². The molecule has 2 aromatic rings. The van der Waals surface area contributed by atoms with Crippen molar-refractivity contribution in [2.24, 2.45) is 0 Å². The normalized spacial score (nSPS) is 10.6. The van der Waals surface area contributed by atoms with E-state index in [1.807, 2.05) is 7.05 Å². The van der Waals surface area contributed by atoms with E-state index in [-0.39, 0.29) is 0 Å². The Labute approximate surface area is 103 Å². The molecule has 1 heteroatoms. The van der Waals surface area contributed by atoms with E-state index in [0.717, 1.165) is 0 Å². The van der Waals surface area contributed by atoms with E-state index in [0.29, 0.717) is 5.92 Å². The lowest BCUT2D eigenvalue weighted by atomic mass is 9.92. The van der Waals surface area contributed by atoms with Crippen LogP contribution in [0.2, 0.25) is 0 Å². The summed E-state index contributed by atoms with van der Waals surface area (Å²) in [6, 6.07) is 17.1. The fraction of sp³-hybridized carbons (Fsp3) is 0.250. The molecule has 0 aliphatic carbocycles. The zero-order valence-corrected chi connectivity index (χ0v) is 10.7. The van der Waals surface area contributed by atoms with Gasteiger partial charge in [-0.05, 0) is 23.1 Å². The summed E-state index contributed by atoms with van der Waals surface area (Å²) in [6.07, 6.45) is 0. The Kier molecular flexibility index (Phi) is 3.48. The van der Waals surface area contributed by atoms with Crippen LogP contribution in [0, 0.1) is 0 Å². The summed E-state index contributed by atoms with van der Waals surface area (Å²) >= 11 is 0. The fourth-order valence-corrected chi connectivity index (χ4v) is 2.18. The van der Waals surface area contributed by atoms with Crippen LogP contribution < -0.4 is 5.32 Å². The lowest BCUT2D eigenvalue weighted by molar-refractivity contribution is 0.869. The second-order valence-electron chi connectivity index (χ2n) is 4.54. The predicted octanol–water partition coefficient (Wildman–Crippen LogP) is 4.52. The Morgan fingerprint density at radius 3 is 2.06 bits per heavy atom. The molecule has 0 radical (unpaired) electrons. The number of rotatable bonds is 3. The summed E-state index contributed by atoms with van der Waals surface area (Å²) in [6.45, 7) is 4.47. The van der Waals surface area contributed by atoms with Gasteiger partial charge >= 0.3 is 0 Å². The first kappa shape index (κ1) is 11.7. The second kappa shape index (κ2) is 5.05. The molecule has 0 saturated heterocycles. The van der Waals surface area contributed by atoms with Crippen LogP contribution in [0.4, 0.5) is 5.69 Å². The van der Waals surface area contributed by atoms with E-state index < -0.39 is 0 Å². The van der Waals surface area contributed by atoms with E-state index in [4.69, 9.17) is 0 Å². The van der Waals surface area contributed by atoms with E-state index in [1.165, 1.54) is 22.4 Å². The molecule has 0 spiro atoms. The average molecular weight is 225 g/mol. The maximum atomic E-state index is 3.26. The van der Waals surface area contributed by atoms with Crippen molar-refractivity contribution in [3.8, 4) is 11.1 Å². The maximum absolute atomic E-state index is 3.26. The molecule has 0 fully saturated rings. The number of hydrogen-bond donors (Lipinski definition) is 1. The number of hydrogen-bond acceptors (Lipinski definition) is 1. The van der Waals surface area contributed by atoms with Crippen molar-refractivity contribution in [3.05, 3.63) is 54.1 Å². The molecule has 0 aliphatic heterocycles. The SMILES string of the molecule is CNc1ccccc1-c1ccccc1C(C)C. The van der Waals surface area contributed by atoms with Gasteiger partial charge in [0.25, 0.3) is 0 Å². The van der Waals surface area contributed by atoms with Gasteiger partial charge in [0.15, 0.2) is 0 Å². The molecular formula is C16H19N. The highest BCUT2D eigenvalue weighted by molar-refractivity contribution is 5.80. The zero-order valence-electron chi connectivity index (χ0n) is 10.7. The van der Waals surface area contributed by atoms with Crippen LogP contribution in [0.3, 0.4) is 0 Å². The van der Waals surface area contributed by atoms with Crippen molar-refractivity contribution in [2.45, 2.75) is 19.8 Å². The van der Waals surface area contributed by atoms with E-state index in [1.54, 1.807) is 0 Å². The van der Waals surface area contributed by atoms with Gasteiger partial charge in [-0.1, -0.05) is 56.3 Å². The molecule has 0 saturated carbocycles. The van der Waals surface area contributed by atoms with Gasteiger partial charge in [-0.25, -0.2) is 0 Å². The summed E-state index contributed by atoms with van der Waals surface area (Å²) in [7, 11) is 1.97. The molecule has 0 aromatic heterocycles. The van der Waals surface area contributed by atoms with Crippen LogP contribution in [0.25, 0.3) is 11.1 Å². The van der Waals surface area contributed by atoms with Gasteiger partial charge in [0.2, 0.25) is 0 Å². The minimum atomic E-state index is 0.538. The third-order valence-electron chi connectivity index (χ3n) is 3.07. The lowest BCUT2D eigenvalue weighted by Gasteiger charge is -2.15. The fourth-order valence-electron chi connectivity index (χ4n) is 2.18. The van der Waals surface area contributed by atoms with E-state index in [2.05, 4.69) is 67.7 Å². The Hall–Kier alpha value is -1.76. The molecule has 2 aromatic carbocycles. The summed E-state index contributed by atoms with van der Waals surface area (Å²) in [5.74, 6) is 0.538. The Morgan fingerprint density at radius 1 is 0.824 bits per heavy atom. The zero-order chi connectivity index (χ0) is 12.3. The van der Waals surface area contributed by atoms with Gasteiger partial charge in [0.05, 0.1) is 0 Å². The third-order valence-corrected chi connectivity index (χ3v) is 3.07. The second-order valence-corrected chi connectivity index (χ2v) is 4.54. The minimum Gasteiger partial charge on any atom is -0.388 e. The van der Waals surface area contributed by atoms with Crippen LogP contribution in [0.15, 0.2) is 48.5 Å². The predicted molar refractivity (Wildman–Crippen MR) is 75.5 cm³/mol. The van der Waals surface area contributed by atoms with Gasteiger partial charge in [-0.2, -0.15) is 0 Å². The van der Waals surface area contributed by atoms with Crippen molar-refractivity contribution < 1.29 is 0 Å². The first-order valence-corrected chi connectivity index (χ1v) is 6.10. The maximum Gasteiger partial charge on any atom is 0.0417 e. The monoisotopic (exact) mass is 225 g/mol. The minimum absolute atomic E-state index is 0.538.